The summed E-state index contributed by atoms with van der Waals surface area (Å²) in [6.45, 7) is 1.70. The lowest BCUT2D eigenvalue weighted by molar-refractivity contribution is 0.448. The van der Waals surface area contributed by atoms with E-state index in [4.69, 9.17) is 10.2 Å². The van der Waals surface area contributed by atoms with Crippen LogP contribution < -0.4 is 5.73 Å². The first-order valence-corrected chi connectivity index (χ1v) is 4.51. The molecule has 1 heterocycles. The first-order chi connectivity index (χ1) is 7.16. The summed E-state index contributed by atoms with van der Waals surface area (Å²) >= 11 is 0. The van der Waals surface area contributed by atoms with Crippen molar-refractivity contribution in [3.05, 3.63) is 41.6 Å². The Hall–Kier alpha value is -1.88. The molecular weight excluding hydrogens is 194 g/mol. The molecule has 0 bridgehead atoms. The van der Waals surface area contributed by atoms with Crippen molar-refractivity contribution < 1.29 is 9.52 Å². The number of hydrogen-bond acceptors (Lipinski definition) is 5. The van der Waals surface area contributed by atoms with Gasteiger partial charge in [-0.15, -0.1) is 10.2 Å². The van der Waals surface area contributed by atoms with Gasteiger partial charge in [0.05, 0.1) is 0 Å². The lowest BCUT2D eigenvalue weighted by Gasteiger charge is -2.06. The third-order valence-electron chi connectivity index (χ3n) is 2.04. The predicted molar refractivity (Wildman–Crippen MR) is 53.2 cm³/mol. The zero-order valence-corrected chi connectivity index (χ0v) is 8.21. The maximum Gasteiger partial charge on any atom is 0.237 e. The Kier molecular flexibility index (Phi) is 2.39. The fourth-order valence-electron chi connectivity index (χ4n) is 1.30. The zero-order valence-electron chi connectivity index (χ0n) is 8.21. The van der Waals surface area contributed by atoms with E-state index in [0.29, 0.717) is 11.8 Å². The van der Waals surface area contributed by atoms with Crippen molar-refractivity contribution in [2.45, 2.75) is 13.0 Å². The molecule has 0 aliphatic rings. The second-order valence-electron chi connectivity index (χ2n) is 3.23. The van der Waals surface area contributed by atoms with Crippen LogP contribution in [0.3, 0.4) is 0 Å². The summed E-state index contributed by atoms with van der Waals surface area (Å²) in [5.74, 6) is 0.984. The van der Waals surface area contributed by atoms with Crippen LogP contribution in [0.2, 0.25) is 0 Å². The van der Waals surface area contributed by atoms with E-state index >= 15 is 0 Å². The van der Waals surface area contributed by atoms with Crippen molar-refractivity contribution >= 4 is 0 Å². The van der Waals surface area contributed by atoms with E-state index in [-0.39, 0.29) is 5.75 Å². The summed E-state index contributed by atoms with van der Waals surface area (Å²) in [6, 6.07) is 6.16. The Labute approximate surface area is 86.6 Å². The maximum absolute atomic E-state index is 9.29. The number of rotatable bonds is 2. The number of aryl methyl sites for hydroxylation is 1. The minimum atomic E-state index is -0.502. The maximum atomic E-state index is 9.29. The van der Waals surface area contributed by atoms with Gasteiger partial charge in [-0.25, -0.2) is 0 Å². The topological polar surface area (TPSA) is 85.2 Å². The third kappa shape index (κ3) is 1.97. The van der Waals surface area contributed by atoms with Gasteiger partial charge < -0.3 is 15.3 Å². The molecule has 15 heavy (non-hydrogen) atoms. The Morgan fingerprint density at radius 1 is 1.40 bits per heavy atom. The smallest absolute Gasteiger partial charge is 0.237 e. The van der Waals surface area contributed by atoms with Gasteiger partial charge in [0, 0.05) is 6.92 Å². The minimum Gasteiger partial charge on any atom is -0.508 e. The molecule has 0 aliphatic carbocycles. The van der Waals surface area contributed by atoms with E-state index in [1.807, 2.05) is 0 Å². The van der Waals surface area contributed by atoms with Crippen LogP contribution in [0.15, 0.2) is 28.7 Å². The molecule has 0 saturated carbocycles. The summed E-state index contributed by atoms with van der Waals surface area (Å²) < 4.78 is 5.21. The second kappa shape index (κ2) is 3.70. The van der Waals surface area contributed by atoms with Gasteiger partial charge in [-0.2, -0.15) is 0 Å². The molecule has 2 aromatic rings. The number of phenolic OH excluding ortho intramolecular Hbond substituents is 1. The molecule has 3 N–H and O–H groups in total. The second-order valence-corrected chi connectivity index (χ2v) is 3.23. The number of aromatic nitrogens is 2. The van der Waals surface area contributed by atoms with Crippen molar-refractivity contribution in [1.82, 2.24) is 10.2 Å². The van der Waals surface area contributed by atoms with Gasteiger partial charge in [0.25, 0.3) is 0 Å². The van der Waals surface area contributed by atoms with Crippen LogP contribution in [0.5, 0.6) is 5.75 Å². The van der Waals surface area contributed by atoms with Crippen molar-refractivity contribution in [3.63, 3.8) is 0 Å². The molecule has 1 atom stereocenters. The number of nitrogens with zero attached hydrogens (tertiary/aromatic N) is 2. The van der Waals surface area contributed by atoms with E-state index < -0.39 is 6.04 Å². The molecule has 1 unspecified atom stereocenters. The molecule has 1 aromatic carbocycles. The summed E-state index contributed by atoms with van der Waals surface area (Å²) in [6.07, 6.45) is 0. The molecule has 0 fully saturated rings. The predicted octanol–water partition coefficient (Wildman–Crippen LogP) is 1.13. The largest absolute Gasteiger partial charge is 0.508 e. The Morgan fingerprint density at radius 3 is 2.80 bits per heavy atom. The van der Waals surface area contributed by atoms with Gasteiger partial charge in [-0.3, -0.25) is 0 Å². The Bertz CT molecular complexity index is 467. The van der Waals surface area contributed by atoms with Crippen LogP contribution in [0, 0.1) is 6.92 Å². The number of benzene rings is 1. The van der Waals surface area contributed by atoms with Gasteiger partial charge >= 0.3 is 0 Å². The highest BCUT2D eigenvalue weighted by Gasteiger charge is 2.15. The van der Waals surface area contributed by atoms with Crippen molar-refractivity contribution in [3.8, 4) is 5.75 Å². The summed E-state index contributed by atoms with van der Waals surface area (Å²) in [7, 11) is 0. The van der Waals surface area contributed by atoms with Crippen LogP contribution in [-0.2, 0) is 0 Å². The molecule has 0 saturated heterocycles. The Balaban J connectivity index is 2.32. The van der Waals surface area contributed by atoms with Crippen molar-refractivity contribution in [2.24, 2.45) is 5.73 Å². The number of aromatic hydroxyl groups is 1. The van der Waals surface area contributed by atoms with Crippen molar-refractivity contribution in [2.75, 3.05) is 0 Å². The molecule has 5 nitrogen and oxygen atoms in total. The van der Waals surface area contributed by atoms with E-state index in [9.17, 15) is 5.11 Å². The quantitative estimate of drug-likeness (QED) is 0.767. The van der Waals surface area contributed by atoms with Gasteiger partial charge in [-0.05, 0) is 17.7 Å². The van der Waals surface area contributed by atoms with Crippen LogP contribution in [0.1, 0.15) is 23.4 Å². The highest BCUT2D eigenvalue weighted by atomic mass is 16.4. The van der Waals surface area contributed by atoms with E-state index in [1.165, 1.54) is 0 Å². The average molecular weight is 205 g/mol. The standard InChI is InChI=1S/C10H11N3O2/c1-6-12-13-10(15-6)9(11)7-3-2-4-8(14)5-7/h2-5,9,14H,11H2,1H3. The van der Waals surface area contributed by atoms with E-state index in [0.717, 1.165) is 5.56 Å². The molecule has 5 heteroatoms. The Morgan fingerprint density at radius 2 is 2.20 bits per heavy atom. The molecule has 0 aliphatic heterocycles. The van der Waals surface area contributed by atoms with E-state index in [1.54, 1.807) is 31.2 Å². The van der Waals surface area contributed by atoms with Gasteiger partial charge in [0.15, 0.2) is 0 Å². The van der Waals surface area contributed by atoms with Crippen LogP contribution in [0.25, 0.3) is 0 Å². The van der Waals surface area contributed by atoms with Crippen LogP contribution >= 0.6 is 0 Å². The van der Waals surface area contributed by atoms with Crippen molar-refractivity contribution in [1.29, 1.82) is 0 Å². The van der Waals surface area contributed by atoms with Gasteiger partial charge in [0.1, 0.15) is 11.8 Å². The average Bonchev–Trinajstić information content (AvgIpc) is 2.64. The van der Waals surface area contributed by atoms with Gasteiger partial charge in [0.2, 0.25) is 11.8 Å². The minimum absolute atomic E-state index is 0.166. The molecular formula is C10H11N3O2. The van der Waals surface area contributed by atoms with Crippen LogP contribution in [0.4, 0.5) is 0 Å². The third-order valence-corrected chi connectivity index (χ3v) is 2.04. The first kappa shape index (κ1) is 9.67. The zero-order chi connectivity index (χ0) is 10.8. The molecule has 1 aromatic heterocycles. The molecule has 0 amide bonds. The monoisotopic (exact) mass is 205 g/mol. The number of phenols is 1. The fraction of sp³-hybridized carbons (Fsp3) is 0.200. The lowest BCUT2D eigenvalue weighted by atomic mass is 10.1. The fourth-order valence-corrected chi connectivity index (χ4v) is 1.30. The normalized spacial score (nSPS) is 12.7. The molecule has 0 radical (unpaired) electrons. The molecule has 78 valence electrons. The van der Waals surface area contributed by atoms with Crippen LogP contribution in [-0.4, -0.2) is 15.3 Å². The summed E-state index contributed by atoms with van der Waals surface area (Å²) in [4.78, 5) is 0. The summed E-state index contributed by atoms with van der Waals surface area (Å²) in [5.41, 5.74) is 6.63. The summed E-state index contributed by atoms with van der Waals surface area (Å²) in [5, 5.41) is 16.8. The number of nitrogens with two attached hydrogens (primary N) is 1. The SMILES string of the molecule is Cc1nnc(C(N)c2cccc(O)c2)o1. The lowest BCUT2D eigenvalue weighted by Crippen LogP contribution is -2.12. The highest BCUT2D eigenvalue weighted by Crippen LogP contribution is 2.21. The van der Waals surface area contributed by atoms with E-state index in [2.05, 4.69) is 10.2 Å². The highest BCUT2D eigenvalue weighted by molar-refractivity contribution is 5.31. The molecule has 2 rings (SSSR count). The first-order valence-electron chi connectivity index (χ1n) is 4.51. The number of hydrogen-bond donors (Lipinski definition) is 2. The molecule has 0 spiro atoms. The van der Waals surface area contributed by atoms with Gasteiger partial charge in [-0.1, -0.05) is 12.1 Å².